The van der Waals surface area contributed by atoms with Crippen LogP contribution < -0.4 is 4.74 Å². The van der Waals surface area contributed by atoms with Gasteiger partial charge in [0.05, 0.1) is 33.9 Å². The lowest BCUT2D eigenvalue weighted by Gasteiger charge is -2.33. The van der Waals surface area contributed by atoms with Crippen molar-refractivity contribution in [2.45, 2.75) is 53.4 Å². The third-order valence-corrected chi connectivity index (χ3v) is 4.64. The summed E-state index contributed by atoms with van der Waals surface area (Å²) in [5.74, 6) is 0.910. The van der Waals surface area contributed by atoms with Gasteiger partial charge in [0.1, 0.15) is 18.9 Å². The van der Waals surface area contributed by atoms with Gasteiger partial charge in [-0.05, 0) is 47.4 Å². The third-order valence-electron chi connectivity index (χ3n) is 4.64. The van der Waals surface area contributed by atoms with Gasteiger partial charge in [-0.3, -0.25) is 0 Å². The van der Waals surface area contributed by atoms with Crippen molar-refractivity contribution in [3.8, 4) is 5.75 Å². The molecule has 0 spiro atoms. The van der Waals surface area contributed by atoms with E-state index in [1.54, 1.807) is 0 Å². The lowest BCUT2D eigenvalue weighted by atomic mass is 9.72. The smallest absolute Gasteiger partial charge is 0.119 e. The van der Waals surface area contributed by atoms with Crippen molar-refractivity contribution in [2.24, 2.45) is 5.41 Å². The van der Waals surface area contributed by atoms with Gasteiger partial charge in [0, 0.05) is 0 Å². The maximum atomic E-state index is 5.83. The van der Waals surface area contributed by atoms with E-state index in [2.05, 4.69) is 86.5 Å². The Morgan fingerprint density at radius 1 is 0.963 bits per heavy atom. The standard InChI is InChI=1S/C24H42NO2/c1-20(2)18-25(8,9)14-15-26-16-17-27-22-12-10-21(11-13-22)24(6,7)19-23(3,4)5/h10-13H,1,14-19H2,2-9H3/q+1. The molecule has 0 saturated heterocycles. The van der Waals surface area contributed by atoms with Gasteiger partial charge in [-0.1, -0.05) is 53.3 Å². The van der Waals surface area contributed by atoms with E-state index in [4.69, 9.17) is 9.47 Å². The van der Waals surface area contributed by atoms with Crippen LogP contribution in [0.15, 0.2) is 36.4 Å². The fourth-order valence-corrected chi connectivity index (χ4v) is 3.87. The zero-order valence-corrected chi connectivity index (χ0v) is 19.0. The Morgan fingerprint density at radius 3 is 2.07 bits per heavy atom. The monoisotopic (exact) mass is 376 g/mol. The van der Waals surface area contributed by atoms with Gasteiger partial charge >= 0.3 is 0 Å². The summed E-state index contributed by atoms with van der Waals surface area (Å²) >= 11 is 0. The van der Waals surface area contributed by atoms with Crippen molar-refractivity contribution >= 4 is 0 Å². The number of quaternary nitrogens is 1. The van der Waals surface area contributed by atoms with Crippen molar-refractivity contribution in [3.05, 3.63) is 42.0 Å². The zero-order valence-electron chi connectivity index (χ0n) is 19.0. The van der Waals surface area contributed by atoms with Crippen LogP contribution >= 0.6 is 0 Å². The molecule has 0 unspecified atom stereocenters. The first-order chi connectivity index (χ1) is 12.3. The quantitative estimate of drug-likeness (QED) is 0.290. The Hall–Kier alpha value is -1.32. The summed E-state index contributed by atoms with van der Waals surface area (Å²) in [6.45, 7) is 21.5. The van der Waals surface area contributed by atoms with Crippen LogP contribution in [0.2, 0.25) is 0 Å². The molecule has 0 atom stereocenters. The lowest BCUT2D eigenvalue weighted by molar-refractivity contribution is -0.886. The molecular formula is C24H42NO2+. The van der Waals surface area contributed by atoms with Gasteiger partial charge in [0.2, 0.25) is 0 Å². The summed E-state index contributed by atoms with van der Waals surface area (Å²) in [7, 11) is 4.41. The van der Waals surface area contributed by atoms with Gasteiger partial charge < -0.3 is 14.0 Å². The molecule has 0 amide bonds. The molecule has 0 N–H and O–H groups in total. The Morgan fingerprint density at radius 2 is 1.56 bits per heavy atom. The normalized spacial score (nSPS) is 12.9. The molecule has 0 aromatic heterocycles. The summed E-state index contributed by atoms with van der Waals surface area (Å²) in [5.41, 5.74) is 3.04. The molecule has 0 aliphatic rings. The largest absolute Gasteiger partial charge is 0.491 e. The maximum Gasteiger partial charge on any atom is 0.119 e. The highest BCUT2D eigenvalue weighted by molar-refractivity contribution is 5.31. The maximum absolute atomic E-state index is 5.83. The van der Waals surface area contributed by atoms with E-state index in [9.17, 15) is 0 Å². The molecule has 1 aromatic carbocycles. The van der Waals surface area contributed by atoms with E-state index >= 15 is 0 Å². The van der Waals surface area contributed by atoms with Crippen LogP contribution in [0.5, 0.6) is 5.75 Å². The number of nitrogens with zero attached hydrogens (tertiary/aromatic N) is 1. The first-order valence-corrected chi connectivity index (χ1v) is 10.1. The van der Waals surface area contributed by atoms with Crippen LogP contribution in [0.25, 0.3) is 0 Å². The Balaban J connectivity index is 2.35. The van der Waals surface area contributed by atoms with Gasteiger partial charge in [0.25, 0.3) is 0 Å². The molecule has 0 radical (unpaired) electrons. The minimum atomic E-state index is 0.161. The molecular weight excluding hydrogens is 334 g/mol. The van der Waals surface area contributed by atoms with Gasteiger partial charge in [-0.25, -0.2) is 0 Å². The van der Waals surface area contributed by atoms with Crippen molar-refractivity contribution in [1.82, 2.24) is 0 Å². The average Bonchev–Trinajstić information content (AvgIpc) is 2.47. The van der Waals surface area contributed by atoms with Crippen LogP contribution in [0.4, 0.5) is 0 Å². The number of benzene rings is 1. The van der Waals surface area contributed by atoms with Gasteiger partial charge in [-0.15, -0.1) is 0 Å². The van der Waals surface area contributed by atoms with Gasteiger partial charge in [0.15, 0.2) is 0 Å². The van der Waals surface area contributed by atoms with E-state index in [0.717, 1.165) is 36.3 Å². The van der Waals surface area contributed by atoms with E-state index < -0.39 is 0 Å². The minimum absolute atomic E-state index is 0.161. The first-order valence-electron chi connectivity index (χ1n) is 10.1. The second kappa shape index (κ2) is 9.75. The first kappa shape index (κ1) is 23.7. The van der Waals surface area contributed by atoms with Crippen molar-refractivity contribution in [1.29, 1.82) is 0 Å². The summed E-state index contributed by atoms with van der Waals surface area (Å²) in [4.78, 5) is 0. The minimum Gasteiger partial charge on any atom is -0.491 e. The molecule has 0 fully saturated rings. The highest BCUT2D eigenvalue weighted by Gasteiger charge is 2.27. The SMILES string of the molecule is C=C(C)C[N+](C)(C)CCOCCOc1ccc(C(C)(C)CC(C)(C)C)cc1. The van der Waals surface area contributed by atoms with Crippen LogP contribution in [0.3, 0.4) is 0 Å². The Labute approximate surface area is 168 Å². The summed E-state index contributed by atoms with van der Waals surface area (Å²) in [6, 6.07) is 8.54. The Kier molecular flexibility index (Phi) is 8.56. The number of ether oxygens (including phenoxy) is 2. The molecule has 0 aliphatic carbocycles. The molecule has 3 nitrogen and oxygen atoms in total. The summed E-state index contributed by atoms with van der Waals surface area (Å²) in [6.07, 6.45) is 1.15. The topological polar surface area (TPSA) is 18.5 Å². The number of hydrogen-bond acceptors (Lipinski definition) is 2. The molecule has 3 heteroatoms. The molecule has 1 aromatic rings. The number of rotatable bonds is 11. The Bertz CT molecular complexity index is 579. The molecule has 0 bridgehead atoms. The predicted molar refractivity (Wildman–Crippen MR) is 117 cm³/mol. The number of likely N-dealkylation sites (N-methyl/N-ethyl adjacent to an activating group) is 1. The summed E-state index contributed by atoms with van der Waals surface area (Å²) < 4.78 is 12.5. The van der Waals surface area contributed by atoms with Crippen LogP contribution in [0.1, 0.15) is 53.5 Å². The molecule has 0 saturated carbocycles. The summed E-state index contributed by atoms with van der Waals surface area (Å²) in [5, 5.41) is 0. The van der Waals surface area contributed by atoms with Crippen LogP contribution in [-0.4, -0.2) is 51.5 Å². The highest BCUT2D eigenvalue weighted by Crippen LogP contribution is 2.36. The molecule has 27 heavy (non-hydrogen) atoms. The second-order valence-electron chi connectivity index (χ2n) is 10.4. The van der Waals surface area contributed by atoms with Crippen LogP contribution in [-0.2, 0) is 10.2 Å². The predicted octanol–water partition coefficient (Wildman–Crippen LogP) is 5.45. The van der Waals surface area contributed by atoms with Crippen molar-refractivity contribution in [2.75, 3.05) is 47.0 Å². The van der Waals surface area contributed by atoms with E-state index in [1.165, 1.54) is 11.1 Å². The number of hydrogen-bond donors (Lipinski definition) is 0. The fraction of sp³-hybridized carbons (Fsp3) is 0.667. The van der Waals surface area contributed by atoms with Crippen LogP contribution in [0, 0.1) is 5.41 Å². The van der Waals surface area contributed by atoms with E-state index in [1.807, 2.05) is 0 Å². The van der Waals surface area contributed by atoms with Crippen molar-refractivity contribution < 1.29 is 14.0 Å². The fourth-order valence-electron chi connectivity index (χ4n) is 3.87. The third kappa shape index (κ3) is 9.97. The highest BCUT2D eigenvalue weighted by atomic mass is 16.5. The molecule has 154 valence electrons. The van der Waals surface area contributed by atoms with E-state index in [-0.39, 0.29) is 5.41 Å². The lowest BCUT2D eigenvalue weighted by Crippen LogP contribution is -2.43. The zero-order chi connectivity index (χ0) is 20.7. The second-order valence-corrected chi connectivity index (χ2v) is 10.4. The van der Waals surface area contributed by atoms with E-state index in [0.29, 0.717) is 18.6 Å². The molecule has 0 heterocycles. The van der Waals surface area contributed by atoms with Crippen molar-refractivity contribution in [3.63, 3.8) is 0 Å². The average molecular weight is 377 g/mol. The molecule has 0 aliphatic heterocycles. The van der Waals surface area contributed by atoms with Gasteiger partial charge in [-0.2, -0.15) is 0 Å². The molecule has 1 rings (SSSR count).